The van der Waals surface area contributed by atoms with Crippen molar-refractivity contribution in [1.29, 1.82) is 0 Å². The van der Waals surface area contributed by atoms with Crippen LogP contribution < -0.4 is 9.47 Å². The molecule has 0 unspecified atom stereocenters. The summed E-state index contributed by atoms with van der Waals surface area (Å²) in [5.41, 5.74) is 0.248. The number of unbranched alkanes of at least 4 members (excludes halogenated alkanes) is 1. The standard InChI is InChI=1S/C17H20N2O6/c1-4-5-8-18-15(21)16(22)19(17(18)23)10-12(20)11-6-7-13(24-2)14(9-11)25-3/h6-7,9H,4-5,8,10H2,1-3H3. The largest absolute Gasteiger partial charge is 0.493 e. The van der Waals surface area contributed by atoms with Crippen LogP contribution in [0.25, 0.3) is 0 Å². The quantitative estimate of drug-likeness (QED) is 0.401. The summed E-state index contributed by atoms with van der Waals surface area (Å²) in [6.07, 6.45) is 1.37. The summed E-state index contributed by atoms with van der Waals surface area (Å²) in [6, 6.07) is 3.77. The molecule has 25 heavy (non-hydrogen) atoms. The van der Waals surface area contributed by atoms with E-state index in [-0.39, 0.29) is 12.1 Å². The lowest BCUT2D eigenvalue weighted by atomic mass is 10.1. The highest BCUT2D eigenvalue weighted by atomic mass is 16.5. The zero-order chi connectivity index (χ0) is 18.6. The highest BCUT2D eigenvalue weighted by molar-refractivity contribution is 6.45. The van der Waals surface area contributed by atoms with Crippen molar-refractivity contribution in [3.63, 3.8) is 0 Å². The SMILES string of the molecule is CCCCN1C(=O)C(=O)N(CC(=O)c2ccc(OC)c(OC)c2)C1=O. The molecule has 0 spiro atoms. The van der Waals surface area contributed by atoms with E-state index < -0.39 is 30.2 Å². The van der Waals surface area contributed by atoms with Gasteiger partial charge in [0.25, 0.3) is 0 Å². The maximum absolute atomic E-state index is 12.4. The van der Waals surface area contributed by atoms with E-state index in [9.17, 15) is 19.2 Å². The van der Waals surface area contributed by atoms with Crippen LogP contribution in [0.4, 0.5) is 4.79 Å². The number of carbonyl (C=O) groups excluding carboxylic acids is 4. The Hall–Kier alpha value is -2.90. The second-order valence-electron chi connectivity index (χ2n) is 5.48. The Bertz CT molecular complexity index is 715. The molecule has 1 heterocycles. The number of ketones is 1. The number of hydrogen-bond donors (Lipinski definition) is 0. The number of hydrogen-bond acceptors (Lipinski definition) is 6. The number of imide groups is 2. The number of ether oxygens (including phenoxy) is 2. The normalized spacial score (nSPS) is 14.3. The third kappa shape index (κ3) is 3.62. The fourth-order valence-electron chi connectivity index (χ4n) is 2.45. The molecule has 0 aliphatic carbocycles. The zero-order valence-corrected chi connectivity index (χ0v) is 14.4. The Labute approximate surface area is 145 Å². The molecule has 0 saturated carbocycles. The molecule has 8 nitrogen and oxygen atoms in total. The molecule has 1 saturated heterocycles. The fraction of sp³-hybridized carbons (Fsp3) is 0.412. The number of nitrogens with zero attached hydrogens (tertiary/aromatic N) is 2. The molecule has 1 fully saturated rings. The van der Waals surface area contributed by atoms with Crippen molar-refractivity contribution < 1.29 is 28.7 Å². The maximum Gasteiger partial charge on any atom is 0.334 e. The number of Topliss-reactive ketones (excluding diaryl/α,β-unsaturated/α-hetero) is 1. The Balaban J connectivity index is 2.16. The van der Waals surface area contributed by atoms with Gasteiger partial charge in [0, 0.05) is 12.1 Å². The van der Waals surface area contributed by atoms with Crippen LogP contribution in [0.3, 0.4) is 0 Å². The first-order valence-electron chi connectivity index (χ1n) is 7.87. The molecule has 1 aromatic rings. The Morgan fingerprint density at radius 1 is 1.00 bits per heavy atom. The molecule has 4 amide bonds. The second kappa shape index (κ2) is 7.78. The highest BCUT2D eigenvalue weighted by Crippen LogP contribution is 2.28. The van der Waals surface area contributed by atoms with Crippen LogP contribution >= 0.6 is 0 Å². The minimum atomic E-state index is -0.977. The molecule has 0 aromatic heterocycles. The Morgan fingerprint density at radius 3 is 2.24 bits per heavy atom. The van der Waals surface area contributed by atoms with Gasteiger partial charge in [0.2, 0.25) is 0 Å². The summed E-state index contributed by atoms with van der Waals surface area (Å²) in [7, 11) is 2.90. The molecule has 0 N–H and O–H groups in total. The van der Waals surface area contributed by atoms with Crippen LogP contribution in [0.15, 0.2) is 18.2 Å². The van der Waals surface area contributed by atoms with E-state index in [1.807, 2.05) is 6.92 Å². The van der Waals surface area contributed by atoms with Crippen LogP contribution in [0.5, 0.6) is 11.5 Å². The van der Waals surface area contributed by atoms with E-state index in [0.717, 1.165) is 11.3 Å². The third-order valence-corrected chi connectivity index (χ3v) is 3.88. The van der Waals surface area contributed by atoms with Crippen LogP contribution in [0, 0.1) is 0 Å². The van der Waals surface area contributed by atoms with E-state index in [1.165, 1.54) is 26.4 Å². The van der Waals surface area contributed by atoms with Crippen molar-refractivity contribution in [3.05, 3.63) is 23.8 Å². The van der Waals surface area contributed by atoms with Gasteiger partial charge in [0.05, 0.1) is 20.8 Å². The molecular formula is C17H20N2O6. The van der Waals surface area contributed by atoms with Crippen molar-refractivity contribution in [2.45, 2.75) is 19.8 Å². The minimum absolute atomic E-state index is 0.168. The van der Waals surface area contributed by atoms with Crippen LogP contribution in [0.2, 0.25) is 0 Å². The van der Waals surface area contributed by atoms with Crippen molar-refractivity contribution in [2.75, 3.05) is 27.3 Å². The molecule has 2 rings (SSSR count). The van der Waals surface area contributed by atoms with Gasteiger partial charge >= 0.3 is 17.8 Å². The number of amides is 4. The van der Waals surface area contributed by atoms with Gasteiger partial charge in [-0.1, -0.05) is 13.3 Å². The first-order chi connectivity index (χ1) is 11.9. The lowest BCUT2D eigenvalue weighted by Gasteiger charge is -2.15. The van der Waals surface area contributed by atoms with Gasteiger partial charge in [-0.15, -0.1) is 0 Å². The monoisotopic (exact) mass is 348 g/mol. The minimum Gasteiger partial charge on any atom is -0.493 e. The lowest BCUT2D eigenvalue weighted by Crippen LogP contribution is -2.37. The van der Waals surface area contributed by atoms with Gasteiger partial charge in [0.1, 0.15) is 0 Å². The van der Waals surface area contributed by atoms with Gasteiger partial charge < -0.3 is 9.47 Å². The first kappa shape index (κ1) is 18.4. The summed E-state index contributed by atoms with van der Waals surface area (Å²) >= 11 is 0. The van der Waals surface area contributed by atoms with Crippen molar-refractivity contribution in [1.82, 2.24) is 9.80 Å². The summed E-state index contributed by atoms with van der Waals surface area (Å²) in [4.78, 5) is 50.1. The molecule has 0 bridgehead atoms. The zero-order valence-electron chi connectivity index (χ0n) is 14.4. The number of benzene rings is 1. The van der Waals surface area contributed by atoms with Crippen molar-refractivity contribution in [3.8, 4) is 11.5 Å². The van der Waals surface area contributed by atoms with Crippen molar-refractivity contribution in [2.24, 2.45) is 0 Å². The highest BCUT2D eigenvalue weighted by Gasteiger charge is 2.44. The number of urea groups is 1. The number of methoxy groups -OCH3 is 2. The van der Waals surface area contributed by atoms with Gasteiger partial charge in [-0.2, -0.15) is 0 Å². The smallest absolute Gasteiger partial charge is 0.334 e. The topological polar surface area (TPSA) is 93.2 Å². The average molecular weight is 348 g/mol. The third-order valence-electron chi connectivity index (χ3n) is 3.88. The molecule has 1 aliphatic heterocycles. The van der Waals surface area contributed by atoms with Crippen LogP contribution in [0.1, 0.15) is 30.1 Å². The van der Waals surface area contributed by atoms with Gasteiger partial charge in [-0.3, -0.25) is 19.3 Å². The fourth-order valence-corrected chi connectivity index (χ4v) is 2.45. The van der Waals surface area contributed by atoms with Crippen LogP contribution in [-0.4, -0.2) is 60.7 Å². The lowest BCUT2D eigenvalue weighted by molar-refractivity contribution is -0.143. The van der Waals surface area contributed by atoms with Crippen LogP contribution in [-0.2, 0) is 9.59 Å². The molecular weight excluding hydrogens is 328 g/mol. The predicted octanol–water partition coefficient (Wildman–Crippen LogP) is 1.48. The van der Waals surface area contributed by atoms with Crippen molar-refractivity contribution >= 4 is 23.6 Å². The molecule has 8 heteroatoms. The second-order valence-corrected chi connectivity index (χ2v) is 5.48. The average Bonchev–Trinajstić information content (AvgIpc) is 2.82. The maximum atomic E-state index is 12.4. The summed E-state index contributed by atoms with van der Waals surface area (Å²) in [5.74, 6) is -1.54. The number of carbonyl (C=O) groups is 4. The summed E-state index contributed by atoms with van der Waals surface area (Å²) < 4.78 is 10.2. The number of rotatable bonds is 8. The molecule has 134 valence electrons. The van der Waals surface area contributed by atoms with Gasteiger partial charge in [0.15, 0.2) is 17.3 Å². The van der Waals surface area contributed by atoms with E-state index in [4.69, 9.17) is 9.47 Å². The Morgan fingerprint density at radius 2 is 1.64 bits per heavy atom. The summed E-state index contributed by atoms with van der Waals surface area (Å²) in [5, 5.41) is 0. The molecule has 0 atom stereocenters. The Kier molecular flexibility index (Phi) is 5.74. The van der Waals surface area contributed by atoms with E-state index >= 15 is 0 Å². The van der Waals surface area contributed by atoms with E-state index in [2.05, 4.69) is 0 Å². The summed E-state index contributed by atoms with van der Waals surface area (Å²) in [6.45, 7) is 1.58. The van der Waals surface area contributed by atoms with Gasteiger partial charge in [-0.25, -0.2) is 9.69 Å². The molecule has 1 aliphatic rings. The van der Waals surface area contributed by atoms with Gasteiger partial charge in [-0.05, 0) is 24.6 Å². The molecule has 1 aromatic carbocycles. The van der Waals surface area contributed by atoms with E-state index in [1.54, 1.807) is 6.07 Å². The predicted molar refractivity (Wildman–Crippen MR) is 87.6 cm³/mol. The first-order valence-corrected chi connectivity index (χ1v) is 7.87. The van der Waals surface area contributed by atoms with E-state index in [0.29, 0.717) is 22.8 Å². The molecule has 0 radical (unpaired) electrons.